The maximum absolute atomic E-state index is 11.4. The summed E-state index contributed by atoms with van der Waals surface area (Å²) in [5.41, 5.74) is 0. The van der Waals surface area contributed by atoms with E-state index in [1.54, 1.807) is 6.08 Å². The number of imide groups is 1. The van der Waals surface area contributed by atoms with E-state index in [0.29, 0.717) is 13.1 Å². The zero-order valence-electron chi connectivity index (χ0n) is 7.62. The van der Waals surface area contributed by atoms with Crippen LogP contribution in [0.2, 0.25) is 0 Å². The van der Waals surface area contributed by atoms with E-state index >= 15 is 0 Å². The van der Waals surface area contributed by atoms with Crippen molar-refractivity contribution in [3.8, 4) is 0 Å². The minimum absolute atomic E-state index is 0.385. The molecule has 0 aromatic heterocycles. The Morgan fingerprint density at radius 2 is 2.50 bits per heavy atom. The van der Waals surface area contributed by atoms with Crippen LogP contribution in [0.25, 0.3) is 0 Å². The number of urea groups is 2. The summed E-state index contributed by atoms with van der Waals surface area (Å²) in [6, 6.07) is -0.775. The van der Waals surface area contributed by atoms with Gasteiger partial charge in [-0.25, -0.2) is 14.5 Å². The molecule has 1 aliphatic rings. The summed E-state index contributed by atoms with van der Waals surface area (Å²) in [5.74, 6) is 0. The van der Waals surface area contributed by atoms with E-state index in [2.05, 4.69) is 26.6 Å². The molecule has 0 bridgehead atoms. The Morgan fingerprint density at radius 3 is 3.14 bits per heavy atom. The topological polar surface area (TPSA) is 61.4 Å². The van der Waals surface area contributed by atoms with Crippen LogP contribution in [0, 0.1) is 0 Å². The highest BCUT2D eigenvalue weighted by Gasteiger charge is 2.19. The average molecular weight is 262 g/mol. The van der Waals surface area contributed by atoms with E-state index in [9.17, 15) is 9.59 Å². The third kappa shape index (κ3) is 3.02. The molecule has 78 valence electrons. The number of alkyl halides is 1. The summed E-state index contributed by atoms with van der Waals surface area (Å²) in [6.45, 7) is 1.03. The molecular formula is C8H12BrN3O2. The summed E-state index contributed by atoms with van der Waals surface area (Å²) in [6.07, 6.45) is 4.03. The molecule has 0 aromatic rings. The van der Waals surface area contributed by atoms with Crippen LogP contribution in [0.1, 0.15) is 6.42 Å². The van der Waals surface area contributed by atoms with Gasteiger partial charge in [0.15, 0.2) is 0 Å². The maximum Gasteiger partial charge on any atom is 0.329 e. The second-order valence-electron chi connectivity index (χ2n) is 2.72. The Balaban J connectivity index is 2.39. The number of halogens is 1. The zero-order chi connectivity index (χ0) is 10.4. The van der Waals surface area contributed by atoms with Crippen LogP contribution in [0.4, 0.5) is 9.59 Å². The van der Waals surface area contributed by atoms with E-state index in [1.807, 2.05) is 0 Å². The van der Waals surface area contributed by atoms with Gasteiger partial charge in [0, 0.05) is 24.6 Å². The van der Waals surface area contributed by atoms with Crippen molar-refractivity contribution in [2.24, 2.45) is 0 Å². The van der Waals surface area contributed by atoms with Crippen molar-refractivity contribution >= 4 is 28.0 Å². The van der Waals surface area contributed by atoms with Crippen LogP contribution in [-0.4, -0.2) is 35.4 Å². The first-order valence-corrected chi connectivity index (χ1v) is 5.45. The highest BCUT2D eigenvalue weighted by molar-refractivity contribution is 9.09. The number of hydrogen-bond donors (Lipinski definition) is 2. The molecular weight excluding hydrogens is 250 g/mol. The smallest absolute Gasteiger partial charge is 0.329 e. The van der Waals surface area contributed by atoms with Gasteiger partial charge in [-0.2, -0.15) is 0 Å². The number of hydrogen-bond acceptors (Lipinski definition) is 2. The molecule has 0 aliphatic carbocycles. The Morgan fingerprint density at radius 1 is 1.71 bits per heavy atom. The van der Waals surface area contributed by atoms with Gasteiger partial charge in [0.25, 0.3) is 0 Å². The minimum Gasteiger partial charge on any atom is -0.337 e. The van der Waals surface area contributed by atoms with Gasteiger partial charge >= 0.3 is 12.1 Å². The fraction of sp³-hybridized carbons (Fsp3) is 0.500. The molecule has 0 atom stereocenters. The van der Waals surface area contributed by atoms with Crippen LogP contribution in [0.3, 0.4) is 0 Å². The number of carbonyl (C=O) groups is 2. The third-order valence-electron chi connectivity index (χ3n) is 1.65. The van der Waals surface area contributed by atoms with Gasteiger partial charge in [-0.15, -0.1) is 0 Å². The van der Waals surface area contributed by atoms with Gasteiger partial charge in [0.1, 0.15) is 0 Å². The lowest BCUT2D eigenvalue weighted by Gasteiger charge is -2.20. The van der Waals surface area contributed by atoms with E-state index in [0.717, 1.165) is 16.7 Å². The van der Waals surface area contributed by atoms with Crippen molar-refractivity contribution < 1.29 is 9.59 Å². The van der Waals surface area contributed by atoms with Crippen molar-refractivity contribution in [3.05, 3.63) is 12.3 Å². The number of carbonyl (C=O) groups excluding carboxylic acids is 2. The number of nitrogens with zero attached hydrogens (tertiary/aromatic N) is 1. The van der Waals surface area contributed by atoms with Crippen molar-refractivity contribution in [2.75, 3.05) is 18.4 Å². The minimum atomic E-state index is -0.389. The van der Waals surface area contributed by atoms with Gasteiger partial charge in [0.2, 0.25) is 0 Å². The van der Waals surface area contributed by atoms with E-state index in [-0.39, 0.29) is 12.1 Å². The Labute approximate surface area is 90.6 Å². The predicted molar refractivity (Wildman–Crippen MR) is 56.2 cm³/mol. The number of nitrogens with one attached hydrogen (secondary N) is 2. The fourth-order valence-corrected chi connectivity index (χ4v) is 1.24. The van der Waals surface area contributed by atoms with Crippen molar-refractivity contribution in [1.29, 1.82) is 0 Å². The van der Waals surface area contributed by atoms with E-state index in [1.165, 1.54) is 6.20 Å². The van der Waals surface area contributed by atoms with Gasteiger partial charge in [-0.3, -0.25) is 0 Å². The number of rotatable bonds is 3. The molecule has 1 heterocycles. The SMILES string of the molecule is O=C1NCC=CN1C(=O)NCCCBr. The highest BCUT2D eigenvalue weighted by Crippen LogP contribution is 1.97. The monoisotopic (exact) mass is 261 g/mol. The van der Waals surface area contributed by atoms with Crippen LogP contribution >= 0.6 is 15.9 Å². The lowest BCUT2D eigenvalue weighted by Crippen LogP contribution is -2.47. The van der Waals surface area contributed by atoms with Gasteiger partial charge < -0.3 is 10.6 Å². The molecule has 6 heteroatoms. The summed E-state index contributed by atoms with van der Waals surface area (Å²) in [4.78, 5) is 23.6. The number of amides is 4. The van der Waals surface area contributed by atoms with Crippen molar-refractivity contribution in [2.45, 2.75) is 6.42 Å². The third-order valence-corrected chi connectivity index (χ3v) is 2.21. The molecule has 0 fully saturated rings. The van der Waals surface area contributed by atoms with Gasteiger partial charge in [-0.05, 0) is 12.5 Å². The molecule has 4 amide bonds. The second-order valence-corrected chi connectivity index (χ2v) is 3.51. The Kier molecular flexibility index (Phi) is 4.45. The first-order valence-electron chi connectivity index (χ1n) is 4.33. The summed E-state index contributed by atoms with van der Waals surface area (Å²) < 4.78 is 0. The normalized spacial score (nSPS) is 15.2. The van der Waals surface area contributed by atoms with E-state index < -0.39 is 0 Å². The average Bonchev–Trinajstić information content (AvgIpc) is 2.18. The summed E-state index contributed by atoms with van der Waals surface area (Å²) in [5, 5.41) is 5.99. The molecule has 14 heavy (non-hydrogen) atoms. The molecule has 0 unspecified atom stereocenters. The van der Waals surface area contributed by atoms with E-state index in [4.69, 9.17) is 0 Å². The second kappa shape index (κ2) is 5.64. The molecule has 1 aliphatic heterocycles. The molecule has 0 saturated heterocycles. The molecule has 0 aromatic carbocycles. The van der Waals surface area contributed by atoms with Gasteiger partial charge in [-0.1, -0.05) is 15.9 Å². The van der Waals surface area contributed by atoms with Crippen LogP contribution in [0.15, 0.2) is 12.3 Å². The largest absolute Gasteiger partial charge is 0.337 e. The molecule has 0 saturated carbocycles. The predicted octanol–water partition coefficient (Wildman–Crippen LogP) is 1.02. The molecule has 1 rings (SSSR count). The molecule has 0 spiro atoms. The molecule has 5 nitrogen and oxygen atoms in total. The van der Waals surface area contributed by atoms with Crippen molar-refractivity contribution in [1.82, 2.24) is 15.5 Å². The molecule has 2 N–H and O–H groups in total. The van der Waals surface area contributed by atoms with Crippen LogP contribution in [0.5, 0.6) is 0 Å². The van der Waals surface area contributed by atoms with Crippen molar-refractivity contribution in [3.63, 3.8) is 0 Å². The van der Waals surface area contributed by atoms with Gasteiger partial charge in [0.05, 0.1) is 0 Å². The van der Waals surface area contributed by atoms with Crippen LogP contribution < -0.4 is 10.6 Å². The standard InChI is InChI=1S/C8H12BrN3O2/c9-3-1-4-10-7(13)12-6-2-5-11-8(12)14/h2,6H,1,3-5H2,(H,10,13)(H,11,14). The first kappa shape index (κ1) is 11.0. The molecule has 0 radical (unpaired) electrons. The lowest BCUT2D eigenvalue weighted by atomic mass is 10.4. The zero-order valence-corrected chi connectivity index (χ0v) is 9.21. The summed E-state index contributed by atoms with van der Waals surface area (Å²) in [7, 11) is 0. The summed E-state index contributed by atoms with van der Waals surface area (Å²) >= 11 is 3.25. The fourth-order valence-electron chi connectivity index (χ4n) is 0.964. The quantitative estimate of drug-likeness (QED) is 0.589. The Bertz CT molecular complexity index is 255. The highest BCUT2D eigenvalue weighted by atomic mass is 79.9. The Hall–Kier alpha value is -1.04. The maximum atomic E-state index is 11.4. The van der Waals surface area contributed by atoms with Crippen LogP contribution in [-0.2, 0) is 0 Å². The first-order chi connectivity index (χ1) is 6.75. The lowest BCUT2D eigenvalue weighted by molar-refractivity contribution is 0.199.